The molecule has 3 unspecified atom stereocenters. The molecule has 4 rings (SSSR count). The molecule has 3 aromatic rings. The van der Waals surface area contributed by atoms with Gasteiger partial charge in [0.15, 0.2) is 0 Å². The van der Waals surface area contributed by atoms with Gasteiger partial charge in [0.2, 0.25) is 0 Å². The summed E-state index contributed by atoms with van der Waals surface area (Å²) in [6.45, 7) is 6.11. The molecule has 142 valence electrons. The Morgan fingerprint density at radius 2 is 2.07 bits per heavy atom. The number of benzene rings is 1. The molecule has 2 aromatic heterocycles. The van der Waals surface area contributed by atoms with Gasteiger partial charge in [0, 0.05) is 16.5 Å². The summed E-state index contributed by atoms with van der Waals surface area (Å²) in [7, 11) is 0. The van der Waals surface area contributed by atoms with Crippen molar-refractivity contribution in [3.63, 3.8) is 0 Å². The van der Waals surface area contributed by atoms with Crippen molar-refractivity contribution in [1.82, 2.24) is 15.3 Å². The number of nitrogens with one attached hydrogen (secondary N) is 2. The first-order valence-electron chi connectivity index (χ1n) is 9.49. The molecule has 1 aliphatic rings. The Balaban J connectivity index is 1.64. The van der Waals surface area contributed by atoms with E-state index in [1.54, 1.807) is 23.5 Å². The molecule has 0 aliphatic heterocycles. The van der Waals surface area contributed by atoms with E-state index in [1.165, 1.54) is 16.5 Å². The summed E-state index contributed by atoms with van der Waals surface area (Å²) in [5, 5.41) is 4.11. The first kappa shape index (κ1) is 18.3. The second kappa shape index (κ2) is 7.17. The number of aryl methyl sites for hydroxylation is 1. The van der Waals surface area contributed by atoms with Crippen LogP contribution in [0.5, 0.6) is 0 Å². The van der Waals surface area contributed by atoms with Gasteiger partial charge in [-0.1, -0.05) is 25.1 Å². The van der Waals surface area contributed by atoms with Crippen molar-refractivity contribution in [3.05, 3.63) is 62.3 Å². The number of thiophene rings is 1. The smallest absolute Gasteiger partial charge is 0.259 e. The largest absolute Gasteiger partial charge is 0.309 e. The second-order valence-corrected chi connectivity index (χ2v) is 8.70. The molecule has 1 aliphatic carbocycles. The standard InChI is InChI=1S/C21H24FN3OS/c1-11-8-9-15-17(10-11)27-21-18(15)20(26)24-19(25-21)13(3)23-12(2)14-6-4-5-7-16(14)22/h4-7,11-13,23H,8-10H2,1-3H3,(H,24,25,26). The average Bonchev–Trinajstić information content (AvgIpc) is 2.99. The highest BCUT2D eigenvalue weighted by atomic mass is 32.1. The molecule has 2 heterocycles. The number of aromatic amines is 1. The van der Waals surface area contributed by atoms with Crippen LogP contribution in [0.2, 0.25) is 0 Å². The van der Waals surface area contributed by atoms with Gasteiger partial charge in [-0.15, -0.1) is 11.3 Å². The van der Waals surface area contributed by atoms with Crippen LogP contribution in [0.4, 0.5) is 4.39 Å². The number of aromatic nitrogens is 2. The zero-order valence-electron chi connectivity index (χ0n) is 15.8. The number of hydrogen-bond donors (Lipinski definition) is 2. The van der Waals surface area contributed by atoms with Gasteiger partial charge >= 0.3 is 0 Å². The van der Waals surface area contributed by atoms with E-state index in [1.807, 2.05) is 19.9 Å². The molecule has 0 spiro atoms. The van der Waals surface area contributed by atoms with E-state index in [4.69, 9.17) is 4.98 Å². The average molecular weight is 386 g/mol. The van der Waals surface area contributed by atoms with E-state index in [2.05, 4.69) is 17.2 Å². The van der Waals surface area contributed by atoms with Crippen molar-refractivity contribution < 1.29 is 4.39 Å². The van der Waals surface area contributed by atoms with Gasteiger partial charge in [0.25, 0.3) is 5.56 Å². The minimum absolute atomic E-state index is 0.0609. The Bertz CT molecular complexity index is 1040. The van der Waals surface area contributed by atoms with Crippen molar-refractivity contribution >= 4 is 21.6 Å². The van der Waals surface area contributed by atoms with Crippen molar-refractivity contribution in [2.75, 3.05) is 0 Å². The highest BCUT2D eigenvalue weighted by Gasteiger charge is 2.24. The quantitative estimate of drug-likeness (QED) is 0.687. The summed E-state index contributed by atoms with van der Waals surface area (Å²) >= 11 is 1.65. The van der Waals surface area contributed by atoms with Crippen LogP contribution in [0.15, 0.2) is 29.1 Å². The Morgan fingerprint density at radius 1 is 1.30 bits per heavy atom. The van der Waals surface area contributed by atoms with Crippen molar-refractivity contribution in [3.8, 4) is 0 Å². The lowest BCUT2D eigenvalue weighted by Gasteiger charge is -2.20. The lowest BCUT2D eigenvalue weighted by Crippen LogP contribution is -2.26. The zero-order valence-corrected chi connectivity index (χ0v) is 16.6. The maximum atomic E-state index is 14.0. The molecule has 0 amide bonds. The van der Waals surface area contributed by atoms with Gasteiger partial charge in [-0.25, -0.2) is 9.37 Å². The Labute approximate surface area is 161 Å². The normalized spacial score (nSPS) is 19.0. The summed E-state index contributed by atoms with van der Waals surface area (Å²) in [6, 6.07) is 6.34. The number of nitrogens with zero attached hydrogens (tertiary/aromatic N) is 1. The van der Waals surface area contributed by atoms with Gasteiger partial charge in [0.05, 0.1) is 11.4 Å². The number of fused-ring (bicyclic) bond motifs is 3. The summed E-state index contributed by atoms with van der Waals surface area (Å²) in [4.78, 5) is 22.6. The molecule has 0 radical (unpaired) electrons. The summed E-state index contributed by atoms with van der Waals surface area (Å²) in [5.74, 6) is 1.02. The Kier molecular flexibility index (Phi) is 4.86. The van der Waals surface area contributed by atoms with E-state index in [-0.39, 0.29) is 23.5 Å². The fraction of sp³-hybridized carbons (Fsp3) is 0.429. The van der Waals surface area contributed by atoms with E-state index < -0.39 is 0 Å². The first-order valence-corrected chi connectivity index (χ1v) is 10.3. The first-order chi connectivity index (χ1) is 12.9. The van der Waals surface area contributed by atoms with Crippen LogP contribution >= 0.6 is 11.3 Å². The molecule has 0 saturated carbocycles. The predicted molar refractivity (Wildman–Crippen MR) is 108 cm³/mol. The van der Waals surface area contributed by atoms with Crippen molar-refractivity contribution in [2.24, 2.45) is 5.92 Å². The fourth-order valence-electron chi connectivity index (χ4n) is 3.94. The van der Waals surface area contributed by atoms with E-state index >= 15 is 0 Å². The van der Waals surface area contributed by atoms with E-state index in [0.717, 1.165) is 29.5 Å². The van der Waals surface area contributed by atoms with Crippen LogP contribution in [0.1, 0.15) is 61.1 Å². The van der Waals surface area contributed by atoms with Crippen LogP contribution in [0, 0.1) is 11.7 Å². The summed E-state index contributed by atoms with van der Waals surface area (Å²) < 4.78 is 14.0. The number of rotatable bonds is 4. The van der Waals surface area contributed by atoms with E-state index in [0.29, 0.717) is 17.3 Å². The molecule has 4 nitrogen and oxygen atoms in total. The van der Waals surface area contributed by atoms with Crippen LogP contribution < -0.4 is 10.9 Å². The molecule has 3 atom stereocenters. The SMILES string of the molecule is CC1CCc2c(sc3nc(C(C)NC(C)c4ccccc4F)[nH]c(=O)c23)C1. The second-order valence-electron chi connectivity index (χ2n) is 7.61. The minimum Gasteiger partial charge on any atom is -0.309 e. The maximum Gasteiger partial charge on any atom is 0.259 e. The summed E-state index contributed by atoms with van der Waals surface area (Å²) in [6.07, 6.45) is 3.11. The van der Waals surface area contributed by atoms with Gasteiger partial charge in [0.1, 0.15) is 16.5 Å². The monoisotopic (exact) mass is 385 g/mol. The fourth-order valence-corrected chi connectivity index (χ4v) is 5.33. The van der Waals surface area contributed by atoms with Crippen LogP contribution in [0.3, 0.4) is 0 Å². The van der Waals surface area contributed by atoms with Crippen LogP contribution in [-0.4, -0.2) is 9.97 Å². The topological polar surface area (TPSA) is 57.8 Å². The molecular weight excluding hydrogens is 361 g/mol. The third kappa shape index (κ3) is 3.44. The molecule has 0 bridgehead atoms. The lowest BCUT2D eigenvalue weighted by atomic mass is 9.89. The highest BCUT2D eigenvalue weighted by Crippen LogP contribution is 2.35. The molecule has 0 fully saturated rings. The molecule has 1 aromatic carbocycles. The Hall–Kier alpha value is -2.05. The molecular formula is C21H24FN3OS. The summed E-state index contributed by atoms with van der Waals surface area (Å²) in [5.41, 5.74) is 1.73. The van der Waals surface area contributed by atoms with Gasteiger partial charge < -0.3 is 10.3 Å². The number of H-pyrrole nitrogens is 1. The molecule has 2 N–H and O–H groups in total. The highest BCUT2D eigenvalue weighted by molar-refractivity contribution is 7.18. The number of hydrogen-bond acceptors (Lipinski definition) is 4. The lowest BCUT2D eigenvalue weighted by molar-refractivity contribution is 0.460. The van der Waals surface area contributed by atoms with Crippen LogP contribution in [-0.2, 0) is 12.8 Å². The van der Waals surface area contributed by atoms with E-state index in [9.17, 15) is 9.18 Å². The molecule has 27 heavy (non-hydrogen) atoms. The van der Waals surface area contributed by atoms with Crippen LogP contribution in [0.25, 0.3) is 10.2 Å². The molecule has 6 heteroatoms. The van der Waals surface area contributed by atoms with Gasteiger partial charge in [-0.2, -0.15) is 0 Å². The van der Waals surface area contributed by atoms with Gasteiger partial charge in [-0.3, -0.25) is 4.79 Å². The minimum atomic E-state index is -0.235. The van der Waals surface area contributed by atoms with Crippen molar-refractivity contribution in [1.29, 1.82) is 0 Å². The maximum absolute atomic E-state index is 14.0. The van der Waals surface area contributed by atoms with Gasteiger partial charge in [-0.05, 0) is 50.7 Å². The Morgan fingerprint density at radius 3 is 2.85 bits per heavy atom. The third-order valence-electron chi connectivity index (χ3n) is 5.47. The zero-order chi connectivity index (χ0) is 19.1. The molecule has 0 saturated heterocycles. The number of halogens is 1. The third-order valence-corrected chi connectivity index (χ3v) is 6.61. The van der Waals surface area contributed by atoms with Crippen molar-refractivity contribution in [2.45, 2.75) is 52.1 Å². The predicted octanol–water partition coefficient (Wildman–Crippen LogP) is 4.66.